The first-order valence-corrected chi connectivity index (χ1v) is 5.64. The van der Waals surface area contributed by atoms with E-state index in [0.717, 1.165) is 13.1 Å². The van der Waals surface area contributed by atoms with E-state index in [1.54, 1.807) is 0 Å². The van der Waals surface area contributed by atoms with Gasteiger partial charge in [-0.25, -0.2) is 0 Å². The maximum Gasteiger partial charge on any atom is 0.225 e. The van der Waals surface area contributed by atoms with Crippen LogP contribution in [0.3, 0.4) is 0 Å². The van der Waals surface area contributed by atoms with Crippen molar-refractivity contribution < 1.29 is 4.79 Å². The van der Waals surface area contributed by atoms with E-state index in [4.69, 9.17) is 5.73 Å². The Morgan fingerprint density at radius 1 is 1.43 bits per heavy atom. The Morgan fingerprint density at radius 2 is 2.07 bits per heavy atom. The fraction of sp³-hybridized carbons (Fsp3) is 0.909. The largest absolute Gasteiger partial charge is 0.341 e. The van der Waals surface area contributed by atoms with Crippen LogP contribution in [0.4, 0.5) is 0 Å². The quantitative estimate of drug-likeness (QED) is 0.711. The number of hydrogen-bond donors (Lipinski definition) is 1. The summed E-state index contributed by atoms with van der Waals surface area (Å²) in [5.41, 5.74) is 5.90. The van der Waals surface area contributed by atoms with Gasteiger partial charge in [-0.1, -0.05) is 13.8 Å². The van der Waals surface area contributed by atoms with Gasteiger partial charge in [0, 0.05) is 25.0 Å². The van der Waals surface area contributed by atoms with Crippen molar-refractivity contribution in [3.05, 3.63) is 0 Å². The lowest BCUT2D eigenvalue weighted by molar-refractivity contribution is -0.134. The zero-order valence-corrected chi connectivity index (χ0v) is 9.07. The lowest BCUT2D eigenvalue weighted by Crippen LogP contribution is -2.36. The normalized spacial score (nSPS) is 34.6. The molecule has 0 aromatic rings. The van der Waals surface area contributed by atoms with Gasteiger partial charge in [-0.15, -0.1) is 0 Å². The van der Waals surface area contributed by atoms with E-state index in [0.29, 0.717) is 17.7 Å². The second-order valence-corrected chi connectivity index (χ2v) is 5.01. The molecule has 2 fully saturated rings. The van der Waals surface area contributed by atoms with Crippen LogP contribution in [0.1, 0.15) is 26.7 Å². The summed E-state index contributed by atoms with van der Waals surface area (Å²) in [5, 5.41) is 0. The number of rotatable bonds is 2. The highest BCUT2D eigenvalue weighted by molar-refractivity contribution is 5.79. The summed E-state index contributed by atoms with van der Waals surface area (Å²) in [6.45, 7) is 5.81. The molecule has 2 aliphatic rings. The van der Waals surface area contributed by atoms with Crippen molar-refractivity contribution in [2.24, 2.45) is 23.5 Å². The van der Waals surface area contributed by atoms with Gasteiger partial charge >= 0.3 is 0 Å². The molecule has 3 unspecified atom stereocenters. The van der Waals surface area contributed by atoms with Crippen LogP contribution in [-0.2, 0) is 4.79 Å². The van der Waals surface area contributed by atoms with E-state index in [-0.39, 0.29) is 12.0 Å². The summed E-state index contributed by atoms with van der Waals surface area (Å²) < 4.78 is 0. The molecule has 0 radical (unpaired) electrons. The third kappa shape index (κ3) is 1.78. The molecule has 3 atom stereocenters. The number of amides is 1. The molecule has 1 saturated heterocycles. The predicted octanol–water partition coefficient (Wildman–Crippen LogP) is 0.838. The SMILES string of the molecule is CC1CN(C(=O)C(C)C2CC2)CC1N. The van der Waals surface area contributed by atoms with Crippen LogP contribution in [0.5, 0.6) is 0 Å². The van der Waals surface area contributed by atoms with Gasteiger partial charge in [-0.05, 0) is 24.7 Å². The fourth-order valence-corrected chi connectivity index (χ4v) is 2.26. The number of hydrogen-bond acceptors (Lipinski definition) is 2. The summed E-state index contributed by atoms with van der Waals surface area (Å²) in [6.07, 6.45) is 2.48. The highest BCUT2D eigenvalue weighted by Gasteiger charge is 2.38. The van der Waals surface area contributed by atoms with Crippen LogP contribution in [0.25, 0.3) is 0 Å². The van der Waals surface area contributed by atoms with Crippen molar-refractivity contribution in [3.8, 4) is 0 Å². The molecule has 0 bridgehead atoms. The molecule has 2 rings (SSSR count). The van der Waals surface area contributed by atoms with Crippen LogP contribution in [0.15, 0.2) is 0 Å². The van der Waals surface area contributed by atoms with Gasteiger partial charge in [0.25, 0.3) is 0 Å². The Bertz CT molecular complexity index is 227. The molecule has 0 spiro atoms. The van der Waals surface area contributed by atoms with Crippen molar-refractivity contribution >= 4 is 5.91 Å². The van der Waals surface area contributed by atoms with Crippen LogP contribution in [0.2, 0.25) is 0 Å². The Hall–Kier alpha value is -0.570. The fourth-order valence-electron chi connectivity index (χ4n) is 2.26. The average Bonchev–Trinajstić information content (AvgIpc) is 2.93. The van der Waals surface area contributed by atoms with E-state index < -0.39 is 0 Å². The Labute approximate surface area is 85.6 Å². The predicted molar refractivity (Wildman–Crippen MR) is 55.6 cm³/mol. The Morgan fingerprint density at radius 3 is 2.50 bits per heavy atom. The van der Waals surface area contributed by atoms with Crippen molar-refractivity contribution in [2.45, 2.75) is 32.7 Å². The maximum absolute atomic E-state index is 12.0. The van der Waals surface area contributed by atoms with Gasteiger partial charge in [0.05, 0.1) is 0 Å². The van der Waals surface area contributed by atoms with Crippen LogP contribution < -0.4 is 5.73 Å². The first-order chi connectivity index (χ1) is 6.59. The van der Waals surface area contributed by atoms with Gasteiger partial charge < -0.3 is 10.6 Å². The lowest BCUT2D eigenvalue weighted by Gasteiger charge is -2.20. The summed E-state index contributed by atoms with van der Waals surface area (Å²) in [5.74, 6) is 1.68. The van der Waals surface area contributed by atoms with Gasteiger partial charge in [-0.3, -0.25) is 4.79 Å². The highest BCUT2D eigenvalue weighted by Crippen LogP contribution is 2.37. The summed E-state index contributed by atoms with van der Waals surface area (Å²) in [7, 11) is 0. The van der Waals surface area contributed by atoms with Gasteiger partial charge in [-0.2, -0.15) is 0 Å². The number of carbonyl (C=O) groups excluding carboxylic acids is 1. The van der Waals surface area contributed by atoms with Crippen LogP contribution >= 0.6 is 0 Å². The lowest BCUT2D eigenvalue weighted by atomic mass is 10.1. The number of carbonyl (C=O) groups is 1. The molecule has 3 heteroatoms. The van der Waals surface area contributed by atoms with E-state index in [2.05, 4.69) is 13.8 Å². The van der Waals surface area contributed by atoms with Gasteiger partial charge in [0.1, 0.15) is 0 Å². The smallest absolute Gasteiger partial charge is 0.225 e. The minimum absolute atomic E-state index is 0.186. The maximum atomic E-state index is 12.0. The molecule has 2 N–H and O–H groups in total. The molecule has 1 aliphatic heterocycles. The molecule has 0 aromatic carbocycles. The zero-order chi connectivity index (χ0) is 10.3. The van der Waals surface area contributed by atoms with Gasteiger partial charge in [0.2, 0.25) is 5.91 Å². The number of likely N-dealkylation sites (tertiary alicyclic amines) is 1. The molecule has 14 heavy (non-hydrogen) atoms. The molecule has 3 nitrogen and oxygen atoms in total. The van der Waals surface area contributed by atoms with Gasteiger partial charge in [0.15, 0.2) is 0 Å². The monoisotopic (exact) mass is 196 g/mol. The van der Waals surface area contributed by atoms with E-state index >= 15 is 0 Å². The first kappa shape index (κ1) is 9.97. The van der Waals surface area contributed by atoms with Crippen LogP contribution in [-0.4, -0.2) is 29.9 Å². The standard InChI is InChI=1S/C11H20N2O/c1-7-5-13(6-10(7)12)11(14)8(2)9-3-4-9/h7-10H,3-6,12H2,1-2H3. The van der Waals surface area contributed by atoms with Crippen LogP contribution in [0, 0.1) is 17.8 Å². The Kier molecular flexibility index (Phi) is 2.52. The van der Waals surface area contributed by atoms with E-state index in [1.165, 1.54) is 12.8 Å². The minimum atomic E-state index is 0.186. The molecule has 80 valence electrons. The van der Waals surface area contributed by atoms with Crippen molar-refractivity contribution in [1.29, 1.82) is 0 Å². The molecule has 1 heterocycles. The summed E-state index contributed by atoms with van der Waals surface area (Å²) >= 11 is 0. The Balaban J connectivity index is 1.92. The third-order valence-corrected chi connectivity index (χ3v) is 3.70. The molecule has 1 saturated carbocycles. The summed E-state index contributed by atoms with van der Waals surface area (Å²) in [6, 6.07) is 0.186. The first-order valence-electron chi connectivity index (χ1n) is 5.64. The minimum Gasteiger partial charge on any atom is -0.341 e. The molecule has 0 aromatic heterocycles. The zero-order valence-electron chi connectivity index (χ0n) is 9.07. The van der Waals surface area contributed by atoms with E-state index in [1.807, 2.05) is 4.90 Å². The van der Waals surface area contributed by atoms with Crippen molar-refractivity contribution in [3.63, 3.8) is 0 Å². The van der Waals surface area contributed by atoms with E-state index in [9.17, 15) is 4.79 Å². The third-order valence-electron chi connectivity index (χ3n) is 3.70. The summed E-state index contributed by atoms with van der Waals surface area (Å²) in [4.78, 5) is 13.9. The number of nitrogens with two attached hydrogens (primary N) is 1. The molecular weight excluding hydrogens is 176 g/mol. The van der Waals surface area contributed by atoms with Crippen molar-refractivity contribution in [1.82, 2.24) is 4.90 Å². The van der Waals surface area contributed by atoms with Crippen molar-refractivity contribution in [2.75, 3.05) is 13.1 Å². The molecule has 1 aliphatic carbocycles. The highest BCUT2D eigenvalue weighted by atomic mass is 16.2. The number of nitrogens with zero attached hydrogens (tertiary/aromatic N) is 1. The topological polar surface area (TPSA) is 46.3 Å². The second kappa shape index (κ2) is 3.54. The second-order valence-electron chi connectivity index (χ2n) is 5.01. The molecular formula is C11H20N2O. The average molecular weight is 196 g/mol. The molecule has 1 amide bonds.